The molecule has 2 fully saturated rings. The van der Waals surface area contributed by atoms with Crippen LogP contribution in [0.2, 0.25) is 10.0 Å². The maximum Gasteiger partial charge on any atom is 0.342 e. The molecule has 7 N–H and O–H groups in total. The number of hydrogen-bond donors (Lipinski definition) is 7. The van der Waals surface area contributed by atoms with Crippen LogP contribution in [0.25, 0.3) is 10.8 Å². The third-order valence-corrected chi connectivity index (χ3v) is 15.3. The zero-order valence-electron chi connectivity index (χ0n) is 46.0. The van der Waals surface area contributed by atoms with Crippen molar-refractivity contribution < 1.29 is 88.0 Å². The number of phenols is 2. The number of cyclic esters (lactones) is 1. The van der Waals surface area contributed by atoms with Gasteiger partial charge in [0.05, 0.1) is 52.8 Å². The van der Waals surface area contributed by atoms with Gasteiger partial charge >= 0.3 is 17.9 Å². The molecule has 3 aliphatic heterocycles. The van der Waals surface area contributed by atoms with E-state index in [1.54, 1.807) is 58.0 Å². The van der Waals surface area contributed by atoms with Gasteiger partial charge in [-0.2, -0.15) is 0 Å². The smallest absolute Gasteiger partial charge is 0.342 e. The molecule has 0 spiro atoms. The van der Waals surface area contributed by atoms with Crippen molar-refractivity contribution in [1.82, 2.24) is 0 Å². The number of fused-ring (bicyclic) bond motifs is 1. The molecule has 0 unspecified atom stereocenters. The zero-order valence-corrected chi connectivity index (χ0v) is 47.5. The van der Waals surface area contributed by atoms with Crippen molar-refractivity contribution in [2.75, 3.05) is 13.7 Å². The molecule has 3 aliphatic rings. The number of hydrogen-bond acceptors (Lipinski definition) is 18. The van der Waals surface area contributed by atoms with Crippen LogP contribution in [0.3, 0.4) is 0 Å². The fraction of sp³-hybridized carbons (Fsp3) is 0.508. The summed E-state index contributed by atoms with van der Waals surface area (Å²) >= 11 is 12.3. The lowest BCUT2D eigenvalue weighted by Crippen LogP contribution is -2.64. The minimum atomic E-state index is -1.64. The number of benzene rings is 3. The Hall–Kier alpha value is -5.19. The first kappa shape index (κ1) is 63.0. The molecular formula is C59H74Cl2O18. The number of carbonyl (C=O) groups excluding carboxylic acids is 3. The van der Waals surface area contributed by atoms with E-state index in [-0.39, 0.29) is 41.0 Å². The molecule has 79 heavy (non-hydrogen) atoms. The molecule has 0 radical (unpaired) electrons. The fourth-order valence-electron chi connectivity index (χ4n) is 9.76. The Morgan fingerprint density at radius 3 is 2.20 bits per heavy atom. The fourth-order valence-corrected chi connectivity index (χ4v) is 10.3. The van der Waals surface area contributed by atoms with Crippen molar-refractivity contribution in [2.24, 2.45) is 5.92 Å². The van der Waals surface area contributed by atoms with Gasteiger partial charge in [0.15, 0.2) is 36.3 Å². The van der Waals surface area contributed by atoms with Crippen molar-refractivity contribution in [1.29, 1.82) is 0 Å². The Balaban J connectivity index is 1.22. The van der Waals surface area contributed by atoms with E-state index in [2.05, 4.69) is 0 Å². The van der Waals surface area contributed by atoms with Crippen LogP contribution < -0.4 is 0 Å². The van der Waals surface area contributed by atoms with Crippen LogP contribution in [0.15, 0.2) is 101 Å². The molecule has 3 aromatic rings. The van der Waals surface area contributed by atoms with E-state index >= 15 is 0 Å². The Kier molecular flexibility index (Phi) is 21.9. The average molecular weight is 1140 g/mol. The Morgan fingerprint density at radius 2 is 1.54 bits per heavy atom. The number of aliphatic hydroxyl groups is 5. The van der Waals surface area contributed by atoms with Crippen LogP contribution in [0, 0.1) is 5.92 Å². The Labute approximate surface area is 470 Å². The van der Waals surface area contributed by atoms with E-state index in [1.165, 1.54) is 33.1 Å². The molecule has 0 aromatic heterocycles. The molecule has 0 amide bonds. The number of carbonyl (C=O) groups is 3. The number of aromatic hydroxyl groups is 2. The first-order chi connectivity index (χ1) is 37.3. The lowest BCUT2D eigenvalue weighted by molar-refractivity contribution is -0.330. The second-order valence-electron chi connectivity index (χ2n) is 20.7. The predicted octanol–water partition coefficient (Wildman–Crippen LogP) is 8.05. The molecule has 6 rings (SSSR count). The molecule has 3 aromatic carbocycles. The summed E-state index contributed by atoms with van der Waals surface area (Å²) < 4.78 is 48.1. The lowest BCUT2D eigenvalue weighted by atomic mass is 9.88. The second-order valence-corrected chi connectivity index (χ2v) is 21.5. The largest absolute Gasteiger partial charge is 0.505 e. The molecule has 3 heterocycles. The van der Waals surface area contributed by atoms with Gasteiger partial charge in [-0.25, -0.2) is 14.4 Å². The summed E-state index contributed by atoms with van der Waals surface area (Å²) in [5.41, 5.74) is 0.402. The van der Waals surface area contributed by atoms with Crippen molar-refractivity contribution in [3.63, 3.8) is 0 Å². The first-order valence-electron chi connectivity index (χ1n) is 26.3. The van der Waals surface area contributed by atoms with E-state index < -0.39 is 138 Å². The number of allylic oxidation sites excluding steroid dienone is 4. The third-order valence-electron chi connectivity index (χ3n) is 14.5. The summed E-state index contributed by atoms with van der Waals surface area (Å²) in [6, 6.07) is 12.6. The topological polar surface area (TPSA) is 267 Å². The quantitative estimate of drug-likeness (QED) is 0.0485. The van der Waals surface area contributed by atoms with Crippen LogP contribution in [-0.4, -0.2) is 153 Å². The third kappa shape index (κ3) is 14.8. The number of methoxy groups -OCH3 is 1. The van der Waals surface area contributed by atoms with Gasteiger partial charge in [-0.15, -0.1) is 0 Å². The van der Waals surface area contributed by atoms with E-state index in [1.807, 2.05) is 57.2 Å². The molecule has 0 aliphatic carbocycles. The van der Waals surface area contributed by atoms with Gasteiger partial charge in [0.1, 0.15) is 41.1 Å². The first-order valence-corrected chi connectivity index (χ1v) is 27.0. The van der Waals surface area contributed by atoms with E-state index in [9.17, 15) is 50.1 Å². The van der Waals surface area contributed by atoms with Crippen LogP contribution in [0.5, 0.6) is 11.5 Å². The van der Waals surface area contributed by atoms with Gasteiger partial charge in [-0.05, 0) is 113 Å². The molecule has 432 valence electrons. The van der Waals surface area contributed by atoms with Crippen molar-refractivity contribution in [3.8, 4) is 11.5 Å². The normalized spacial score (nSPS) is 32.7. The summed E-state index contributed by atoms with van der Waals surface area (Å²) in [6.45, 7) is 14.7. The van der Waals surface area contributed by atoms with Crippen LogP contribution in [0.4, 0.5) is 0 Å². The molecule has 20 heteroatoms. The minimum absolute atomic E-state index is 0.0430. The van der Waals surface area contributed by atoms with Gasteiger partial charge in [-0.1, -0.05) is 103 Å². The maximum atomic E-state index is 14.0. The number of halogens is 2. The summed E-state index contributed by atoms with van der Waals surface area (Å²) in [5, 5.41) is 79.2. The van der Waals surface area contributed by atoms with E-state index in [4.69, 9.17) is 61.1 Å². The number of phenolic OH excluding ortho intramolecular Hbond substituents is 2. The van der Waals surface area contributed by atoms with Gasteiger partial charge in [-0.3, -0.25) is 0 Å². The lowest BCUT2D eigenvalue weighted by Gasteiger charge is -2.47. The standard InChI is InChI=1S/C59H74Cl2O18/c1-11-34-26-30(4)40(63)20-16-15-19-38(28-73-58-52(72-10)47(66)50(33(7)74-58)76-56(71)42-39(12-2)43(60)46(65)44(61)45(42)64)55(70)75-41(32(6)62)24-21-29(3)25-31(5)49(34)78-57-48(67)51(53(68)59(8,9)79-57)77-54(69)37-23-22-35-17-13-14-18-36(35)27-37/h13-19,21-23,25-27,32-34,40-41,47-53,57-58,62-68H,11-12,20,24,28H2,1-10H3/b16-15+,29-21+,30-26+,31-25+,38-19+/t32-,33-,34+,40+,41+,47+,48+,49+,50-,51-,52+,53+,57-,58-/m1/s1. The highest BCUT2D eigenvalue weighted by Gasteiger charge is 2.53. The second kappa shape index (κ2) is 27.5. The maximum absolute atomic E-state index is 14.0. The van der Waals surface area contributed by atoms with Crippen molar-refractivity contribution >= 4 is 51.9 Å². The van der Waals surface area contributed by atoms with Gasteiger partial charge in [0.2, 0.25) is 0 Å². The van der Waals surface area contributed by atoms with Crippen molar-refractivity contribution in [2.45, 2.75) is 173 Å². The van der Waals surface area contributed by atoms with E-state index in [0.717, 1.165) is 10.8 Å². The number of esters is 3. The number of ether oxygens (including phenoxy) is 8. The summed E-state index contributed by atoms with van der Waals surface area (Å²) in [4.78, 5) is 41.2. The van der Waals surface area contributed by atoms with E-state index in [0.29, 0.717) is 23.1 Å². The van der Waals surface area contributed by atoms with Crippen LogP contribution in [0.1, 0.15) is 108 Å². The van der Waals surface area contributed by atoms with Gasteiger partial charge in [0.25, 0.3) is 0 Å². The number of rotatable bonds is 13. The summed E-state index contributed by atoms with van der Waals surface area (Å²) in [6.07, 6.45) is -5.89. The van der Waals surface area contributed by atoms with Crippen molar-refractivity contribution in [3.05, 3.63) is 128 Å². The molecule has 18 nitrogen and oxygen atoms in total. The van der Waals surface area contributed by atoms with Crippen LogP contribution >= 0.6 is 23.2 Å². The summed E-state index contributed by atoms with van der Waals surface area (Å²) in [5.74, 6) is -4.54. The van der Waals surface area contributed by atoms with Gasteiger partial charge in [0, 0.05) is 19.4 Å². The summed E-state index contributed by atoms with van der Waals surface area (Å²) in [7, 11) is 1.26. The van der Waals surface area contributed by atoms with Crippen LogP contribution in [-0.2, 0) is 49.1 Å². The highest BCUT2D eigenvalue weighted by molar-refractivity contribution is 6.39. The molecule has 0 saturated carbocycles. The Bertz CT molecular complexity index is 2820. The molecule has 0 bridgehead atoms. The average Bonchev–Trinajstić information content (AvgIpc) is 3.41. The predicted molar refractivity (Wildman–Crippen MR) is 294 cm³/mol. The SMILES string of the molecule is CCc1c(Cl)c(O)c(Cl)c(O)c1C(=O)O[C@H]1[C@H](O)[C@H](OC)[C@H](OC/C2=C\C=C\C[C@H](O)/C(C)=C/[C@H](CC)[C@@H](O[C@@H]3OC(C)(C)[C@@H](O)[C@H](OC(=O)c4ccc5ccccc5c4)[C@@H]3O)/C(C)=C/C(C)=C/C[C@@H]([C@@H](C)O)OC2=O)O[C@@H]1C. The molecule has 2 saturated heterocycles. The van der Waals surface area contributed by atoms with Gasteiger partial charge < -0.3 is 73.6 Å². The molecular weight excluding hydrogens is 1070 g/mol. The number of aliphatic hydroxyl groups excluding tert-OH is 5. The minimum Gasteiger partial charge on any atom is -0.505 e. The Morgan fingerprint density at radius 1 is 0.861 bits per heavy atom. The highest BCUT2D eigenvalue weighted by Crippen LogP contribution is 2.45. The molecule has 14 atom stereocenters. The monoisotopic (exact) mass is 1140 g/mol. The zero-order chi connectivity index (χ0) is 58.2. The highest BCUT2D eigenvalue weighted by atomic mass is 35.5.